The van der Waals surface area contributed by atoms with Crippen molar-refractivity contribution in [3.8, 4) is 5.75 Å². The number of ether oxygens (including phenoxy) is 2. The van der Waals surface area contributed by atoms with Crippen LogP contribution < -0.4 is 4.74 Å². The van der Waals surface area contributed by atoms with Crippen LogP contribution in [0.2, 0.25) is 0 Å². The summed E-state index contributed by atoms with van der Waals surface area (Å²) in [6, 6.07) is 9.66. The van der Waals surface area contributed by atoms with Gasteiger partial charge in [-0.25, -0.2) is 0 Å². The fraction of sp³-hybridized carbons (Fsp3) is 0.526. The zero-order valence-electron chi connectivity index (χ0n) is 15.2. The topological polar surface area (TPSA) is 59.8 Å². The lowest BCUT2D eigenvalue weighted by atomic mass is 10.1. The predicted molar refractivity (Wildman–Crippen MR) is 95.8 cm³/mol. The molecule has 2 heterocycles. The second kappa shape index (κ2) is 7.99. The Morgan fingerprint density at radius 1 is 1.32 bits per heavy atom. The van der Waals surface area contributed by atoms with Gasteiger partial charge in [-0.1, -0.05) is 12.1 Å². The van der Waals surface area contributed by atoms with Crippen LogP contribution in [0.15, 0.2) is 30.3 Å². The van der Waals surface area contributed by atoms with Crippen LogP contribution in [0, 0.1) is 13.8 Å². The lowest BCUT2D eigenvalue weighted by Crippen LogP contribution is -2.45. The van der Waals surface area contributed by atoms with E-state index in [2.05, 4.69) is 23.0 Å². The Labute approximate surface area is 149 Å². The first-order chi connectivity index (χ1) is 12.0. The minimum Gasteiger partial charge on any atom is -0.497 e. The Bertz CT molecular complexity index is 684. The molecule has 1 aromatic carbocycles. The van der Waals surface area contributed by atoms with Gasteiger partial charge in [-0.2, -0.15) is 5.10 Å². The summed E-state index contributed by atoms with van der Waals surface area (Å²) in [5.41, 5.74) is 3.08. The van der Waals surface area contributed by atoms with Gasteiger partial charge >= 0.3 is 0 Å². The third kappa shape index (κ3) is 4.60. The maximum atomic E-state index is 10.5. The van der Waals surface area contributed by atoms with Crippen LogP contribution in [0.25, 0.3) is 0 Å². The van der Waals surface area contributed by atoms with Crippen molar-refractivity contribution in [2.75, 3.05) is 33.4 Å². The van der Waals surface area contributed by atoms with Gasteiger partial charge in [-0.3, -0.25) is 9.58 Å². The highest BCUT2D eigenvalue weighted by Gasteiger charge is 2.24. The Hall–Kier alpha value is -1.89. The van der Waals surface area contributed by atoms with Crippen LogP contribution >= 0.6 is 0 Å². The van der Waals surface area contributed by atoms with E-state index in [1.165, 1.54) is 0 Å². The molecule has 6 nitrogen and oxygen atoms in total. The molecule has 1 aliphatic heterocycles. The van der Waals surface area contributed by atoms with Crippen molar-refractivity contribution in [2.45, 2.75) is 32.6 Å². The molecule has 0 unspecified atom stereocenters. The van der Waals surface area contributed by atoms with E-state index in [0.29, 0.717) is 13.2 Å². The molecule has 2 aromatic rings. The van der Waals surface area contributed by atoms with Gasteiger partial charge in [0, 0.05) is 25.3 Å². The molecule has 0 saturated carbocycles. The number of aliphatic hydroxyl groups excluding tert-OH is 1. The molecule has 6 heteroatoms. The zero-order chi connectivity index (χ0) is 17.8. The number of benzene rings is 1. The van der Waals surface area contributed by atoms with Crippen molar-refractivity contribution < 1.29 is 14.6 Å². The molecule has 0 aliphatic carbocycles. The fourth-order valence-corrected chi connectivity index (χ4v) is 3.29. The lowest BCUT2D eigenvalue weighted by Gasteiger charge is -2.34. The molecule has 1 N–H and O–H groups in total. The summed E-state index contributed by atoms with van der Waals surface area (Å²) in [7, 11) is 1.64. The second-order valence-corrected chi connectivity index (χ2v) is 6.65. The maximum absolute atomic E-state index is 10.5. The van der Waals surface area contributed by atoms with Gasteiger partial charge in [0.25, 0.3) is 0 Å². The third-order valence-corrected chi connectivity index (χ3v) is 4.63. The Morgan fingerprint density at radius 2 is 2.08 bits per heavy atom. The molecule has 1 fully saturated rings. The van der Waals surface area contributed by atoms with Crippen LogP contribution in [0.4, 0.5) is 0 Å². The first-order valence-corrected chi connectivity index (χ1v) is 8.72. The summed E-state index contributed by atoms with van der Waals surface area (Å²) in [6.45, 7) is 7.72. The number of morpholine rings is 1. The molecule has 0 amide bonds. The van der Waals surface area contributed by atoms with E-state index in [-0.39, 0.29) is 6.10 Å². The number of hydrogen-bond acceptors (Lipinski definition) is 5. The molecule has 3 rings (SSSR count). The largest absolute Gasteiger partial charge is 0.497 e. The lowest BCUT2D eigenvalue weighted by molar-refractivity contribution is -0.0488. The highest BCUT2D eigenvalue weighted by molar-refractivity contribution is 5.28. The number of aliphatic hydroxyl groups is 1. The van der Waals surface area contributed by atoms with Crippen LogP contribution in [0.5, 0.6) is 5.75 Å². The summed E-state index contributed by atoms with van der Waals surface area (Å²) in [5, 5.41) is 15.0. The standard InChI is InChI=1S/C19H27N3O3/c1-14-10-15(2)22(20-14)12-18-11-21(8-9-25-18)13-19(23)16-4-6-17(24-3)7-5-16/h4-7,10,18-19,23H,8-9,11-13H2,1-3H3/t18-,19-/m1/s1. The van der Waals surface area contributed by atoms with Crippen LogP contribution in [0.3, 0.4) is 0 Å². The Kier molecular flexibility index (Phi) is 5.73. The normalized spacial score (nSPS) is 19.8. The zero-order valence-corrected chi connectivity index (χ0v) is 15.2. The van der Waals surface area contributed by atoms with Crippen molar-refractivity contribution in [2.24, 2.45) is 0 Å². The number of hydrogen-bond donors (Lipinski definition) is 1. The number of aromatic nitrogens is 2. The summed E-state index contributed by atoms with van der Waals surface area (Å²) >= 11 is 0. The minimum absolute atomic E-state index is 0.0924. The van der Waals surface area contributed by atoms with Crippen molar-refractivity contribution in [3.05, 3.63) is 47.3 Å². The first-order valence-electron chi connectivity index (χ1n) is 8.72. The van der Waals surface area contributed by atoms with Crippen molar-refractivity contribution in [1.29, 1.82) is 0 Å². The molecule has 136 valence electrons. The summed E-state index contributed by atoms with van der Waals surface area (Å²) < 4.78 is 13.1. The van der Waals surface area contributed by atoms with Crippen molar-refractivity contribution in [3.63, 3.8) is 0 Å². The van der Waals surface area contributed by atoms with Gasteiger partial charge in [0.15, 0.2) is 0 Å². The van der Waals surface area contributed by atoms with Crippen LogP contribution in [-0.2, 0) is 11.3 Å². The van der Waals surface area contributed by atoms with Gasteiger partial charge < -0.3 is 14.6 Å². The van der Waals surface area contributed by atoms with Crippen molar-refractivity contribution >= 4 is 0 Å². The Morgan fingerprint density at radius 3 is 2.72 bits per heavy atom. The Balaban J connectivity index is 1.56. The average Bonchev–Trinajstić information content (AvgIpc) is 2.92. The van der Waals surface area contributed by atoms with E-state index in [1.54, 1.807) is 7.11 Å². The van der Waals surface area contributed by atoms with E-state index in [1.807, 2.05) is 35.9 Å². The van der Waals surface area contributed by atoms with Gasteiger partial charge in [0.1, 0.15) is 5.75 Å². The quantitative estimate of drug-likeness (QED) is 0.867. The molecular weight excluding hydrogens is 318 g/mol. The maximum Gasteiger partial charge on any atom is 0.118 e. The van der Waals surface area contributed by atoms with Gasteiger partial charge in [0.05, 0.1) is 38.2 Å². The van der Waals surface area contributed by atoms with E-state index in [0.717, 1.165) is 42.3 Å². The molecule has 1 aromatic heterocycles. The summed E-state index contributed by atoms with van der Waals surface area (Å²) in [5.74, 6) is 0.798. The average molecular weight is 345 g/mol. The number of aryl methyl sites for hydroxylation is 2. The number of nitrogens with zero attached hydrogens (tertiary/aromatic N) is 3. The summed E-state index contributed by atoms with van der Waals surface area (Å²) in [4.78, 5) is 2.26. The van der Waals surface area contributed by atoms with Gasteiger partial charge in [-0.05, 0) is 37.6 Å². The smallest absolute Gasteiger partial charge is 0.118 e. The number of rotatable bonds is 6. The second-order valence-electron chi connectivity index (χ2n) is 6.65. The van der Waals surface area contributed by atoms with Crippen molar-refractivity contribution in [1.82, 2.24) is 14.7 Å². The van der Waals surface area contributed by atoms with E-state index < -0.39 is 6.10 Å². The SMILES string of the molecule is COc1ccc([C@H](O)CN2CCO[C@@H](Cn3nc(C)cc3C)C2)cc1. The minimum atomic E-state index is -0.515. The molecule has 1 aliphatic rings. The van der Waals surface area contributed by atoms with Crippen LogP contribution in [-0.4, -0.2) is 59.2 Å². The fourth-order valence-electron chi connectivity index (χ4n) is 3.29. The van der Waals surface area contributed by atoms with Gasteiger partial charge in [-0.15, -0.1) is 0 Å². The van der Waals surface area contributed by atoms with E-state index in [4.69, 9.17) is 9.47 Å². The third-order valence-electron chi connectivity index (χ3n) is 4.63. The molecule has 25 heavy (non-hydrogen) atoms. The van der Waals surface area contributed by atoms with Gasteiger partial charge in [0.2, 0.25) is 0 Å². The van der Waals surface area contributed by atoms with E-state index in [9.17, 15) is 5.11 Å². The molecule has 2 atom stereocenters. The van der Waals surface area contributed by atoms with Crippen LogP contribution in [0.1, 0.15) is 23.1 Å². The number of methoxy groups -OCH3 is 1. The highest BCUT2D eigenvalue weighted by Crippen LogP contribution is 2.20. The summed E-state index contributed by atoms with van der Waals surface area (Å²) in [6.07, 6.45) is -0.423. The van der Waals surface area contributed by atoms with E-state index >= 15 is 0 Å². The molecule has 0 spiro atoms. The molecule has 0 radical (unpaired) electrons. The first kappa shape index (κ1) is 17.9. The predicted octanol–water partition coefficient (Wildman–Crippen LogP) is 1.94. The molecule has 0 bridgehead atoms. The molecule has 1 saturated heterocycles. The number of β-amino-alcohol motifs (C(OH)–C–C–N with tert-alkyl or cyclic N) is 1. The monoisotopic (exact) mass is 345 g/mol. The highest BCUT2D eigenvalue weighted by atomic mass is 16.5. The molecular formula is C19H27N3O3.